The Balaban J connectivity index is 2.30. The van der Waals surface area contributed by atoms with E-state index in [4.69, 9.17) is 5.73 Å². The van der Waals surface area contributed by atoms with Crippen molar-refractivity contribution >= 4 is 11.7 Å². The normalized spacial score (nSPS) is 32.6. The topological polar surface area (TPSA) is 67.5 Å². The Hall–Kier alpha value is -1.32. The number of fused-ring (bicyclic) bond motifs is 1. The minimum atomic E-state index is -0.600. The molecule has 0 aromatic carbocycles. The quantitative estimate of drug-likeness (QED) is 0.689. The third kappa shape index (κ3) is 2.42. The first-order valence-corrected chi connectivity index (χ1v) is 6.68. The van der Waals surface area contributed by atoms with Crippen molar-refractivity contribution in [2.24, 2.45) is 21.7 Å². The number of hydrazone groups is 1. The highest BCUT2D eigenvalue weighted by molar-refractivity contribution is 5.97. The van der Waals surface area contributed by atoms with Crippen LogP contribution in [0.5, 0.6) is 0 Å². The van der Waals surface area contributed by atoms with Crippen molar-refractivity contribution in [2.45, 2.75) is 52.9 Å². The number of carbonyl (C=O) groups is 1. The number of urea groups is 1. The zero-order valence-corrected chi connectivity index (χ0v) is 11.5. The van der Waals surface area contributed by atoms with Crippen LogP contribution in [0.15, 0.2) is 16.8 Å². The number of carbonyl (C=O) groups excluding carboxylic acids is 1. The van der Waals surface area contributed by atoms with Gasteiger partial charge in [-0.25, -0.2) is 10.2 Å². The van der Waals surface area contributed by atoms with Crippen molar-refractivity contribution in [2.75, 3.05) is 0 Å². The van der Waals surface area contributed by atoms with Crippen LogP contribution in [0.3, 0.4) is 0 Å². The number of hydrogen-bond acceptors (Lipinski definition) is 2. The second kappa shape index (κ2) is 4.41. The van der Waals surface area contributed by atoms with E-state index in [0.29, 0.717) is 5.41 Å². The largest absolute Gasteiger partial charge is 0.350 e. The van der Waals surface area contributed by atoms with Gasteiger partial charge in [-0.3, -0.25) is 0 Å². The number of nitrogens with two attached hydrogens (primary N) is 1. The van der Waals surface area contributed by atoms with Crippen LogP contribution in [-0.2, 0) is 0 Å². The van der Waals surface area contributed by atoms with Crippen molar-refractivity contribution in [1.82, 2.24) is 5.43 Å². The zero-order valence-electron chi connectivity index (χ0n) is 11.5. The number of allylic oxidation sites excluding steroid dienone is 2. The van der Waals surface area contributed by atoms with E-state index in [9.17, 15) is 4.79 Å². The van der Waals surface area contributed by atoms with Crippen LogP contribution in [0.25, 0.3) is 0 Å². The smallest absolute Gasteiger partial charge is 0.332 e. The van der Waals surface area contributed by atoms with Crippen LogP contribution < -0.4 is 11.2 Å². The highest BCUT2D eigenvalue weighted by atomic mass is 16.2. The van der Waals surface area contributed by atoms with Gasteiger partial charge in [0, 0.05) is 0 Å². The molecule has 0 saturated heterocycles. The van der Waals surface area contributed by atoms with Gasteiger partial charge in [0.05, 0.1) is 5.71 Å². The standard InChI is InChI=1S/C14H23N3O/c1-13(2)6-4-7-14(3)8-5-10(9-11(13)14)16-17-12(15)18/h9H,4-8H2,1-3H3,(H3,15,17,18). The second-order valence-electron chi connectivity index (χ2n) is 6.44. The maximum Gasteiger partial charge on any atom is 0.332 e. The summed E-state index contributed by atoms with van der Waals surface area (Å²) in [7, 11) is 0. The van der Waals surface area contributed by atoms with Gasteiger partial charge in [0.2, 0.25) is 0 Å². The highest BCUT2D eigenvalue weighted by Crippen LogP contribution is 2.54. The first kappa shape index (κ1) is 13.1. The van der Waals surface area contributed by atoms with Crippen molar-refractivity contribution in [3.8, 4) is 0 Å². The molecular weight excluding hydrogens is 226 g/mol. The van der Waals surface area contributed by atoms with E-state index in [1.54, 1.807) is 0 Å². The van der Waals surface area contributed by atoms with Crippen LogP contribution in [0.4, 0.5) is 4.79 Å². The Morgan fingerprint density at radius 3 is 2.72 bits per heavy atom. The molecular formula is C14H23N3O. The number of primary amides is 1. The molecule has 1 saturated carbocycles. The average Bonchev–Trinajstić information content (AvgIpc) is 2.26. The summed E-state index contributed by atoms with van der Waals surface area (Å²) in [5.74, 6) is 0. The molecule has 0 aliphatic heterocycles. The van der Waals surface area contributed by atoms with E-state index in [1.165, 1.54) is 24.8 Å². The Bertz CT molecular complexity index is 423. The van der Waals surface area contributed by atoms with Crippen molar-refractivity contribution in [1.29, 1.82) is 0 Å². The number of rotatable bonds is 1. The molecule has 2 rings (SSSR count). The first-order valence-electron chi connectivity index (χ1n) is 6.68. The maximum atomic E-state index is 10.7. The van der Waals surface area contributed by atoms with Gasteiger partial charge in [-0.1, -0.05) is 32.8 Å². The number of amides is 2. The lowest BCUT2D eigenvalue weighted by Crippen LogP contribution is -2.38. The van der Waals surface area contributed by atoms with Gasteiger partial charge < -0.3 is 5.73 Å². The van der Waals surface area contributed by atoms with Crippen LogP contribution in [-0.4, -0.2) is 11.7 Å². The summed E-state index contributed by atoms with van der Waals surface area (Å²) < 4.78 is 0. The molecule has 1 fully saturated rings. The molecule has 0 spiro atoms. The first-order chi connectivity index (χ1) is 8.33. The van der Waals surface area contributed by atoms with Crippen molar-refractivity contribution in [3.63, 3.8) is 0 Å². The zero-order chi connectivity index (χ0) is 13.4. The molecule has 2 aliphatic carbocycles. The molecule has 0 aromatic heterocycles. The molecule has 1 unspecified atom stereocenters. The highest BCUT2D eigenvalue weighted by Gasteiger charge is 2.43. The average molecular weight is 249 g/mol. The molecule has 3 N–H and O–H groups in total. The molecule has 100 valence electrons. The van der Waals surface area contributed by atoms with Gasteiger partial charge in [0.1, 0.15) is 0 Å². The Morgan fingerprint density at radius 1 is 1.33 bits per heavy atom. The van der Waals surface area contributed by atoms with Gasteiger partial charge in [-0.05, 0) is 42.6 Å². The van der Waals surface area contributed by atoms with Crippen LogP contribution in [0, 0.1) is 10.8 Å². The van der Waals surface area contributed by atoms with E-state index in [1.807, 2.05) is 0 Å². The molecule has 0 radical (unpaired) electrons. The minimum Gasteiger partial charge on any atom is -0.350 e. The van der Waals surface area contributed by atoms with Gasteiger partial charge in [-0.15, -0.1) is 0 Å². The van der Waals surface area contributed by atoms with Crippen molar-refractivity contribution < 1.29 is 4.79 Å². The van der Waals surface area contributed by atoms with Gasteiger partial charge in [0.15, 0.2) is 0 Å². The monoisotopic (exact) mass is 249 g/mol. The van der Waals surface area contributed by atoms with E-state index in [0.717, 1.165) is 18.6 Å². The van der Waals surface area contributed by atoms with Crippen LogP contribution >= 0.6 is 0 Å². The fourth-order valence-electron chi connectivity index (χ4n) is 3.49. The molecule has 4 heteroatoms. The van der Waals surface area contributed by atoms with E-state index >= 15 is 0 Å². The molecule has 0 bridgehead atoms. The summed E-state index contributed by atoms with van der Waals surface area (Å²) in [5, 5.41) is 4.09. The summed E-state index contributed by atoms with van der Waals surface area (Å²) in [5.41, 5.74) is 10.4. The third-order valence-corrected chi connectivity index (χ3v) is 4.46. The van der Waals surface area contributed by atoms with E-state index in [-0.39, 0.29) is 5.41 Å². The van der Waals surface area contributed by atoms with Gasteiger partial charge in [-0.2, -0.15) is 5.10 Å². The fourth-order valence-corrected chi connectivity index (χ4v) is 3.49. The van der Waals surface area contributed by atoms with Crippen LogP contribution in [0.1, 0.15) is 52.9 Å². The predicted octanol–water partition coefficient (Wildman–Crippen LogP) is 2.95. The van der Waals surface area contributed by atoms with Crippen LogP contribution in [0.2, 0.25) is 0 Å². The van der Waals surface area contributed by atoms with E-state index in [2.05, 4.69) is 37.4 Å². The molecule has 18 heavy (non-hydrogen) atoms. The fraction of sp³-hybridized carbons (Fsp3) is 0.714. The molecule has 2 aliphatic rings. The molecule has 0 heterocycles. The summed E-state index contributed by atoms with van der Waals surface area (Å²) in [6.07, 6.45) is 7.99. The van der Waals surface area contributed by atoms with Gasteiger partial charge in [0.25, 0.3) is 0 Å². The van der Waals surface area contributed by atoms with E-state index < -0.39 is 6.03 Å². The summed E-state index contributed by atoms with van der Waals surface area (Å²) in [6.45, 7) is 6.97. The molecule has 0 aromatic rings. The Kier molecular flexibility index (Phi) is 3.21. The minimum absolute atomic E-state index is 0.237. The van der Waals surface area contributed by atoms with Gasteiger partial charge >= 0.3 is 6.03 Å². The SMILES string of the molecule is CC1(C)CCCC2(C)CCC(=NNC(N)=O)C=C12. The lowest BCUT2D eigenvalue weighted by Gasteiger charge is -2.48. The summed E-state index contributed by atoms with van der Waals surface area (Å²) >= 11 is 0. The Morgan fingerprint density at radius 2 is 2.06 bits per heavy atom. The second-order valence-corrected chi connectivity index (χ2v) is 6.44. The summed E-state index contributed by atoms with van der Waals surface area (Å²) in [6, 6.07) is -0.600. The predicted molar refractivity (Wildman–Crippen MR) is 73.2 cm³/mol. The molecule has 4 nitrogen and oxygen atoms in total. The molecule has 1 atom stereocenters. The lowest BCUT2D eigenvalue weighted by atomic mass is 9.57. The third-order valence-electron chi connectivity index (χ3n) is 4.46. The number of hydrogen-bond donors (Lipinski definition) is 2. The number of nitrogens with zero attached hydrogens (tertiary/aromatic N) is 1. The Labute approximate surface area is 109 Å². The number of nitrogens with one attached hydrogen (secondary N) is 1. The molecule has 2 amide bonds. The maximum absolute atomic E-state index is 10.7. The van der Waals surface area contributed by atoms with Crippen molar-refractivity contribution in [3.05, 3.63) is 11.6 Å². The lowest BCUT2D eigenvalue weighted by molar-refractivity contribution is 0.185. The summed E-state index contributed by atoms with van der Waals surface area (Å²) in [4.78, 5) is 10.7.